The molecule has 1 aromatic rings. The van der Waals surface area contributed by atoms with Crippen LogP contribution in [0.5, 0.6) is 0 Å². The molecule has 1 nitrogen and oxygen atoms in total. The number of alkyl halides is 3. The van der Waals surface area contributed by atoms with Crippen LogP contribution in [0.4, 0.5) is 13.2 Å². The fourth-order valence-electron chi connectivity index (χ4n) is 1.10. The maximum atomic E-state index is 12.0. The molecule has 1 atom stereocenters. The highest BCUT2D eigenvalue weighted by atomic mass is 127. The molecule has 0 saturated carbocycles. The first kappa shape index (κ1) is 11.8. The number of halogens is 4. The van der Waals surface area contributed by atoms with Gasteiger partial charge >= 0.3 is 6.18 Å². The summed E-state index contributed by atoms with van der Waals surface area (Å²) in [5, 5.41) is 0. The van der Waals surface area contributed by atoms with Gasteiger partial charge in [-0.25, -0.2) is 0 Å². The van der Waals surface area contributed by atoms with Gasteiger partial charge in [-0.1, -0.05) is 12.1 Å². The van der Waals surface area contributed by atoms with Crippen molar-refractivity contribution in [2.45, 2.75) is 18.6 Å². The first-order valence-corrected chi connectivity index (χ1v) is 5.04. The minimum Gasteiger partial charge on any atom is -0.324 e. The Kier molecular flexibility index (Phi) is 3.77. The lowest BCUT2D eigenvalue weighted by molar-refractivity contribution is -0.138. The van der Waals surface area contributed by atoms with Crippen molar-refractivity contribution in [1.82, 2.24) is 0 Å². The first-order chi connectivity index (χ1) is 6.38. The Morgan fingerprint density at radius 1 is 1.36 bits per heavy atom. The maximum Gasteiger partial charge on any atom is 0.390 e. The molecule has 1 rings (SSSR count). The molecule has 78 valence electrons. The molecule has 0 aliphatic carbocycles. The van der Waals surface area contributed by atoms with Crippen LogP contribution < -0.4 is 5.73 Å². The molecule has 0 saturated heterocycles. The molecule has 0 aliphatic rings. The highest BCUT2D eigenvalue weighted by Crippen LogP contribution is 2.28. The lowest BCUT2D eigenvalue weighted by Crippen LogP contribution is -2.20. The minimum atomic E-state index is -4.21. The lowest BCUT2D eigenvalue weighted by atomic mass is 10.1. The average Bonchev–Trinajstić information content (AvgIpc) is 2.01. The van der Waals surface area contributed by atoms with Crippen LogP contribution in [0.2, 0.25) is 0 Å². The summed E-state index contributed by atoms with van der Waals surface area (Å²) < 4.78 is 36.9. The topological polar surface area (TPSA) is 26.0 Å². The molecule has 0 spiro atoms. The van der Waals surface area contributed by atoms with Gasteiger partial charge in [-0.2, -0.15) is 13.2 Å². The Morgan fingerprint density at radius 2 is 2.00 bits per heavy atom. The van der Waals surface area contributed by atoms with Crippen LogP contribution in [0.15, 0.2) is 24.3 Å². The summed E-state index contributed by atoms with van der Waals surface area (Å²) in [5.74, 6) is 0. The van der Waals surface area contributed by atoms with Crippen LogP contribution in [0, 0.1) is 3.57 Å². The van der Waals surface area contributed by atoms with E-state index >= 15 is 0 Å². The summed E-state index contributed by atoms with van der Waals surface area (Å²) >= 11 is 2.04. The summed E-state index contributed by atoms with van der Waals surface area (Å²) in [5.41, 5.74) is 5.95. The Labute approximate surface area is 93.6 Å². The van der Waals surface area contributed by atoms with Crippen LogP contribution in [0.1, 0.15) is 18.0 Å². The van der Waals surface area contributed by atoms with Gasteiger partial charge in [-0.3, -0.25) is 0 Å². The van der Waals surface area contributed by atoms with Crippen molar-refractivity contribution in [3.8, 4) is 0 Å². The van der Waals surface area contributed by atoms with Crippen LogP contribution in [0.25, 0.3) is 0 Å². The number of hydrogen-bond acceptors (Lipinski definition) is 1. The number of rotatable bonds is 2. The SMILES string of the molecule is N[C@@H](CC(F)(F)F)c1cccc(I)c1. The van der Waals surface area contributed by atoms with Crippen molar-refractivity contribution in [2.24, 2.45) is 5.73 Å². The zero-order valence-electron chi connectivity index (χ0n) is 7.18. The van der Waals surface area contributed by atoms with E-state index in [1.54, 1.807) is 18.2 Å². The van der Waals surface area contributed by atoms with Crippen molar-refractivity contribution >= 4 is 22.6 Å². The Bertz CT molecular complexity index is 311. The van der Waals surface area contributed by atoms with Gasteiger partial charge in [0.05, 0.1) is 6.42 Å². The normalized spacial score (nSPS) is 14.1. The van der Waals surface area contributed by atoms with Gasteiger partial charge < -0.3 is 5.73 Å². The Balaban J connectivity index is 2.74. The zero-order chi connectivity index (χ0) is 10.8. The molecule has 0 aromatic heterocycles. The number of nitrogens with two attached hydrogens (primary N) is 1. The van der Waals surface area contributed by atoms with Crippen LogP contribution in [-0.4, -0.2) is 6.18 Å². The molecule has 0 bridgehead atoms. The van der Waals surface area contributed by atoms with Crippen molar-refractivity contribution in [1.29, 1.82) is 0 Å². The van der Waals surface area contributed by atoms with Crippen molar-refractivity contribution in [3.05, 3.63) is 33.4 Å². The third-order valence-electron chi connectivity index (χ3n) is 1.73. The van der Waals surface area contributed by atoms with E-state index in [1.165, 1.54) is 0 Å². The largest absolute Gasteiger partial charge is 0.390 e. The van der Waals surface area contributed by atoms with E-state index < -0.39 is 18.6 Å². The third-order valence-corrected chi connectivity index (χ3v) is 2.40. The number of hydrogen-bond donors (Lipinski definition) is 1. The molecule has 0 amide bonds. The summed E-state index contributed by atoms with van der Waals surface area (Å²) in [7, 11) is 0. The third kappa shape index (κ3) is 3.83. The van der Waals surface area contributed by atoms with E-state index in [9.17, 15) is 13.2 Å². The minimum absolute atomic E-state index is 0.522. The molecule has 2 N–H and O–H groups in total. The summed E-state index contributed by atoms with van der Waals surface area (Å²) in [6.45, 7) is 0. The predicted octanol–water partition coefficient (Wildman–Crippen LogP) is 3.24. The molecule has 1 aromatic carbocycles. The van der Waals surface area contributed by atoms with Crippen molar-refractivity contribution < 1.29 is 13.2 Å². The summed E-state index contributed by atoms with van der Waals surface area (Å²) in [6, 6.07) is 5.82. The summed E-state index contributed by atoms with van der Waals surface area (Å²) in [4.78, 5) is 0. The monoisotopic (exact) mass is 315 g/mol. The van der Waals surface area contributed by atoms with Gasteiger partial charge in [-0.15, -0.1) is 0 Å². The second kappa shape index (κ2) is 4.48. The predicted molar refractivity (Wildman–Crippen MR) is 56.8 cm³/mol. The van der Waals surface area contributed by atoms with Crippen LogP contribution >= 0.6 is 22.6 Å². The van der Waals surface area contributed by atoms with E-state index in [2.05, 4.69) is 0 Å². The molecule has 0 aliphatic heterocycles. The van der Waals surface area contributed by atoms with E-state index in [1.807, 2.05) is 28.7 Å². The highest BCUT2D eigenvalue weighted by Gasteiger charge is 2.30. The fourth-order valence-corrected chi connectivity index (χ4v) is 1.67. The molecule has 0 heterocycles. The second-order valence-electron chi connectivity index (χ2n) is 2.98. The summed E-state index contributed by atoms with van der Waals surface area (Å²) in [6.07, 6.45) is -5.19. The molecule has 0 unspecified atom stereocenters. The highest BCUT2D eigenvalue weighted by molar-refractivity contribution is 14.1. The molecule has 5 heteroatoms. The van der Waals surface area contributed by atoms with E-state index in [4.69, 9.17) is 5.73 Å². The molecular formula is C9H9F3IN. The van der Waals surface area contributed by atoms with Gasteiger partial charge in [0.2, 0.25) is 0 Å². The molecule has 0 radical (unpaired) electrons. The van der Waals surface area contributed by atoms with Crippen molar-refractivity contribution in [3.63, 3.8) is 0 Å². The van der Waals surface area contributed by atoms with Gasteiger partial charge in [0.15, 0.2) is 0 Å². The maximum absolute atomic E-state index is 12.0. The Hall–Kier alpha value is -0.300. The average molecular weight is 315 g/mol. The molecule has 14 heavy (non-hydrogen) atoms. The van der Waals surface area contributed by atoms with Gasteiger partial charge in [-0.05, 0) is 40.3 Å². The fraction of sp³-hybridized carbons (Fsp3) is 0.333. The zero-order valence-corrected chi connectivity index (χ0v) is 9.34. The van der Waals surface area contributed by atoms with Gasteiger partial charge in [0.1, 0.15) is 0 Å². The first-order valence-electron chi connectivity index (χ1n) is 3.96. The van der Waals surface area contributed by atoms with E-state index in [0.29, 0.717) is 5.56 Å². The van der Waals surface area contributed by atoms with Crippen LogP contribution in [-0.2, 0) is 0 Å². The quantitative estimate of drug-likeness (QED) is 0.833. The smallest absolute Gasteiger partial charge is 0.324 e. The van der Waals surface area contributed by atoms with Crippen LogP contribution in [0.3, 0.4) is 0 Å². The molecule has 0 fully saturated rings. The van der Waals surface area contributed by atoms with Gasteiger partial charge in [0, 0.05) is 9.61 Å². The second-order valence-corrected chi connectivity index (χ2v) is 4.23. The number of benzene rings is 1. The standard InChI is InChI=1S/C9H9F3IN/c10-9(11,12)5-8(14)6-2-1-3-7(13)4-6/h1-4,8H,5,14H2/t8-/m0/s1. The lowest BCUT2D eigenvalue weighted by Gasteiger charge is -2.14. The molecular weight excluding hydrogens is 306 g/mol. The Morgan fingerprint density at radius 3 is 2.50 bits per heavy atom. The van der Waals surface area contributed by atoms with Gasteiger partial charge in [0.25, 0.3) is 0 Å². The van der Waals surface area contributed by atoms with E-state index in [-0.39, 0.29) is 0 Å². The van der Waals surface area contributed by atoms with Crippen molar-refractivity contribution in [2.75, 3.05) is 0 Å². The van der Waals surface area contributed by atoms with E-state index in [0.717, 1.165) is 3.57 Å².